The van der Waals surface area contributed by atoms with Crippen LogP contribution in [-0.2, 0) is 14.3 Å². The molecule has 0 aliphatic heterocycles. The Bertz CT molecular complexity index is 327. The van der Waals surface area contributed by atoms with Crippen LogP contribution in [0.5, 0.6) is 0 Å². The van der Waals surface area contributed by atoms with Crippen molar-refractivity contribution < 1.29 is 19.1 Å². The van der Waals surface area contributed by atoms with E-state index in [1.165, 1.54) is 4.90 Å². The molecule has 6 heteroatoms. The summed E-state index contributed by atoms with van der Waals surface area (Å²) in [5.74, 6) is -0.792. The van der Waals surface area contributed by atoms with Crippen LogP contribution in [0, 0.1) is 0 Å². The average molecular weight is 241 g/mol. The Balaban J connectivity index is 4.57. The fourth-order valence-corrected chi connectivity index (χ4v) is 1.33. The number of nitrogens with zero attached hydrogens (tertiary/aromatic N) is 3. The van der Waals surface area contributed by atoms with E-state index in [1.54, 1.807) is 6.92 Å². The molecule has 0 aromatic heterocycles. The van der Waals surface area contributed by atoms with Crippen LogP contribution in [0.25, 0.3) is 5.53 Å². The van der Waals surface area contributed by atoms with Crippen LogP contribution < -0.4 is 0 Å². The first-order valence-electron chi connectivity index (χ1n) is 5.47. The lowest BCUT2D eigenvalue weighted by Crippen LogP contribution is -2.47. The number of amides is 1. The van der Waals surface area contributed by atoms with E-state index >= 15 is 0 Å². The monoisotopic (exact) mass is 241 g/mol. The predicted octanol–water partition coefficient (Wildman–Crippen LogP) is 0.867. The summed E-state index contributed by atoms with van der Waals surface area (Å²) in [6.45, 7) is 7.78. The van der Waals surface area contributed by atoms with Gasteiger partial charge in [-0.1, -0.05) is 0 Å². The van der Waals surface area contributed by atoms with E-state index in [-0.39, 0.29) is 18.9 Å². The van der Waals surface area contributed by atoms with Crippen LogP contribution in [0.15, 0.2) is 0 Å². The van der Waals surface area contributed by atoms with Gasteiger partial charge in [-0.2, -0.15) is 4.79 Å². The Kier molecular flexibility index (Phi) is 6.13. The Morgan fingerprint density at radius 2 is 2.00 bits per heavy atom. The van der Waals surface area contributed by atoms with Gasteiger partial charge < -0.3 is 15.2 Å². The molecule has 17 heavy (non-hydrogen) atoms. The van der Waals surface area contributed by atoms with Crippen molar-refractivity contribution in [1.82, 2.24) is 4.90 Å². The second kappa shape index (κ2) is 6.81. The highest BCUT2D eigenvalue weighted by Gasteiger charge is 2.27. The summed E-state index contributed by atoms with van der Waals surface area (Å²) in [4.78, 5) is 27.0. The molecule has 0 atom stereocenters. The summed E-state index contributed by atoms with van der Waals surface area (Å²) < 4.78 is 4.78. The molecule has 0 heterocycles. The van der Waals surface area contributed by atoms with Crippen LogP contribution in [0.1, 0.15) is 34.1 Å². The van der Waals surface area contributed by atoms with Gasteiger partial charge in [0.2, 0.25) is 0 Å². The Morgan fingerprint density at radius 1 is 1.41 bits per heavy atom. The SMILES string of the molecule is CCOC(=O)CCN(C(=O)C=[N+]=[N-])C(C)(C)C. The highest BCUT2D eigenvalue weighted by molar-refractivity contribution is 6.24. The fraction of sp³-hybridized carbons (Fsp3) is 0.727. The van der Waals surface area contributed by atoms with E-state index in [4.69, 9.17) is 10.3 Å². The molecule has 0 aromatic rings. The van der Waals surface area contributed by atoms with Gasteiger partial charge in [-0.05, 0) is 27.7 Å². The summed E-state index contributed by atoms with van der Waals surface area (Å²) in [7, 11) is 0. The molecule has 0 fully saturated rings. The standard InChI is InChI=1S/C11H19N3O3/c1-5-17-10(16)6-7-14(11(2,3)4)9(15)8-13-12/h8H,5-7H2,1-4H3. The number of rotatable bonds is 5. The number of hydrogen-bond acceptors (Lipinski definition) is 3. The van der Waals surface area contributed by atoms with E-state index in [0.29, 0.717) is 6.61 Å². The zero-order chi connectivity index (χ0) is 13.5. The van der Waals surface area contributed by atoms with Crippen molar-refractivity contribution in [3.8, 4) is 0 Å². The predicted molar refractivity (Wildman–Crippen MR) is 62.4 cm³/mol. The quantitative estimate of drug-likeness (QED) is 0.310. The van der Waals surface area contributed by atoms with Crippen molar-refractivity contribution in [2.75, 3.05) is 13.2 Å². The third-order valence-corrected chi connectivity index (χ3v) is 2.09. The molecule has 0 aliphatic carbocycles. The first-order valence-corrected chi connectivity index (χ1v) is 5.47. The summed E-state index contributed by atoms with van der Waals surface area (Å²) in [6, 6.07) is 0. The molecule has 0 rings (SSSR count). The zero-order valence-corrected chi connectivity index (χ0v) is 10.8. The van der Waals surface area contributed by atoms with Crippen LogP contribution in [0.3, 0.4) is 0 Å². The second-order valence-electron chi connectivity index (χ2n) is 4.46. The molecule has 0 saturated carbocycles. The molecule has 0 aromatic carbocycles. The minimum absolute atomic E-state index is 0.121. The molecule has 6 nitrogen and oxygen atoms in total. The van der Waals surface area contributed by atoms with E-state index < -0.39 is 11.4 Å². The maximum Gasteiger partial charge on any atom is 0.344 e. The van der Waals surface area contributed by atoms with Gasteiger partial charge in [-0.3, -0.25) is 9.59 Å². The topological polar surface area (TPSA) is 83.0 Å². The third kappa shape index (κ3) is 5.82. The lowest BCUT2D eigenvalue weighted by atomic mass is 10.1. The summed E-state index contributed by atoms with van der Waals surface area (Å²) in [5.41, 5.74) is 7.89. The normalized spacial score (nSPS) is 10.4. The van der Waals surface area contributed by atoms with Gasteiger partial charge in [0.05, 0.1) is 13.0 Å². The van der Waals surface area contributed by atoms with Crippen molar-refractivity contribution in [1.29, 1.82) is 0 Å². The van der Waals surface area contributed by atoms with Crippen LogP contribution in [-0.4, -0.2) is 46.5 Å². The molecule has 0 bridgehead atoms. The number of ether oxygens (including phenoxy) is 1. The van der Waals surface area contributed by atoms with Gasteiger partial charge in [-0.25, -0.2) is 0 Å². The van der Waals surface area contributed by atoms with Crippen molar-refractivity contribution in [3.05, 3.63) is 5.53 Å². The van der Waals surface area contributed by atoms with Gasteiger partial charge in [0.25, 0.3) is 0 Å². The van der Waals surface area contributed by atoms with Gasteiger partial charge in [0, 0.05) is 12.1 Å². The molecule has 0 unspecified atom stereocenters. The molecule has 0 N–H and O–H groups in total. The molecule has 0 spiro atoms. The summed E-state index contributed by atoms with van der Waals surface area (Å²) >= 11 is 0. The molecule has 1 amide bonds. The van der Waals surface area contributed by atoms with E-state index in [2.05, 4.69) is 4.79 Å². The smallest absolute Gasteiger partial charge is 0.344 e. The van der Waals surface area contributed by atoms with Crippen molar-refractivity contribution in [2.24, 2.45) is 0 Å². The van der Waals surface area contributed by atoms with Crippen molar-refractivity contribution in [2.45, 2.75) is 39.7 Å². The third-order valence-electron chi connectivity index (χ3n) is 2.09. The molecule has 96 valence electrons. The minimum Gasteiger partial charge on any atom is -0.466 e. The fourth-order valence-electron chi connectivity index (χ4n) is 1.33. The highest BCUT2D eigenvalue weighted by atomic mass is 16.5. The molecule has 0 aliphatic rings. The number of carbonyl (C=O) groups is 2. The second-order valence-corrected chi connectivity index (χ2v) is 4.46. The van der Waals surface area contributed by atoms with E-state index in [0.717, 1.165) is 6.21 Å². The molecule has 0 radical (unpaired) electrons. The first-order chi connectivity index (χ1) is 7.82. The van der Waals surface area contributed by atoms with Gasteiger partial charge in [0.1, 0.15) is 0 Å². The van der Waals surface area contributed by atoms with Crippen LogP contribution >= 0.6 is 0 Å². The molecular weight excluding hydrogens is 222 g/mol. The van der Waals surface area contributed by atoms with Gasteiger partial charge in [0.15, 0.2) is 0 Å². The number of carbonyl (C=O) groups excluding carboxylic acids is 2. The molecular formula is C11H19N3O3. The maximum absolute atomic E-state index is 11.6. The lowest BCUT2D eigenvalue weighted by molar-refractivity contribution is -0.144. The van der Waals surface area contributed by atoms with Gasteiger partial charge >= 0.3 is 18.1 Å². The van der Waals surface area contributed by atoms with Crippen LogP contribution in [0.4, 0.5) is 0 Å². The van der Waals surface area contributed by atoms with Crippen molar-refractivity contribution in [3.63, 3.8) is 0 Å². The van der Waals surface area contributed by atoms with Gasteiger partial charge in [-0.15, -0.1) is 0 Å². The van der Waals surface area contributed by atoms with E-state index in [9.17, 15) is 9.59 Å². The minimum atomic E-state index is -0.454. The Hall–Kier alpha value is -1.68. The zero-order valence-electron chi connectivity index (χ0n) is 10.8. The largest absolute Gasteiger partial charge is 0.466 e. The number of esters is 1. The maximum atomic E-state index is 11.6. The summed E-state index contributed by atoms with van der Waals surface area (Å²) in [6.07, 6.45) is 0.937. The Labute approximate surface area is 101 Å². The van der Waals surface area contributed by atoms with Crippen LogP contribution in [0.2, 0.25) is 0 Å². The summed E-state index contributed by atoms with van der Waals surface area (Å²) in [5, 5.41) is 0. The number of hydrogen-bond donors (Lipinski definition) is 0. The average Bonchev–Trinajstić information content (AvgIpc) is 2.16. The lowest BCUT2D eigenvalue weighted by Gasteiger charge is -2.33. The highest BCUT2D eigenvalue weighted by Crippen LogP contribution is 2.13. The first kappa shape index (κ1) is 15.3. The van der Waals surface area contributed by atoms with Crippen molar-refractivity contribution >= 4 is 18.1 Å². The Morgan fingerprint density at radius 3 is 2.41 bits per heavy atom. The molecule has 0 saturated heterocycles. The van der Waals surface area contributed by atoms with E-state index in [1.807, 2.05) is 20.8 Å².